The van der Waals surface area contributed by atoms with E-state index < -0.39 is 5.91 Å². The molecular formula is C9H10N4O3. The van der Waals surface area contributed by atoms with E-state index in [0.29, 0.717) is 11.6 Å². The largest absolute Gasteiger partial charge is 0.364 e. The Morgan fingerprint density at radius 3 is 2.88 bits per heavy atom. The van der Waals surface area contributed by atoms with Gasteiger partial charge in [-0.05, 0) is 6.92 Å². The van der Waals surface area contributed by atoms with Gasteiger partial charge in [-0.1, -0.05) is 10.3 Å². The summed E-state index contributed by atoms with van der Waals surface area (Å²) in [5, 5.41) is 9.89. The van der Waals surface area contributed by atoms with E-state index in [2.05, 4.69) is 25.1 Å². The van der Waals surface area contributed by atoms with Gasteiger partial charge < -0.3 is 14.4 Å². The highest BCUT2D eigenvalue weighted by Crippen LogP contribution is 2.09. The van der Waals surface area contributed by atoms with Crippen molar-refractivity contribution in [3.63, 3.8) is 0 Å². The highest BCUT2D eigenvalue weighted by Gasteiger charge is 2.17. The van der Waals surface area contributed by atoms with Crippen LogP contribution >= 0.6 is 0 Å². The quantitative estimate of drug-likeness (QED) is 0.827. The summed E-state index contributed by atoms with van der Waals surface area (Å²) in [5.74, 6) is -0.0561. The lowest BCUT2D eigenvalue weighted by Gasteiger charge is -2.07. The summed E-state index contributed by atoms with van der Waals surface area (Å²) in [6.45, 7) is 3.40. The van der Waals surface area contributed by atoms with Crippen molar-refractivity contribution in [3.8, 4) is 0 Å². The molecule has 0 spiro atoms. The molecular weight excluding hydrogens is 212 g/mol. The summed E-state index contributed by atoms with van der Waals surface area (Å²) in [4.78, 5) is 15.4. The number of carbonyl (C=O) groups excluding carboxylic acids is 1. The van der Waals surface area contributed by atoms with Crippen molar-refractivity contribution in [1.82, 2.24) is 20.6 Å². The second-order valence-electron chi connectivity index (χ2n) is 3.26. The van der Waals surface area contributed by atoms with Gasteiger partial charge in [-0.15, -0.1) is 0 Å². The molecule has 0 aliphatic heterocycles. The van der Waals surface area contributed by atoms with Crippen molar-refractivity contribution in [1.29, 1.82) is 0 Å². The third-order valence-electron chi connectivity index (χ3n) is 1.98. The van der Waals surface area contributed by atoms with Gasteiger partial charge in [0, 0.05) is 13.0 Å². The fraction of sp³-hybridized carbons (Fsp3) is 0.333. The van der Waals surface area contributed by atoms with E-state index in [1.54, 1.807) is 19.9 Å². The summed E-state index contributed by atoms with van der Waals surface area (Å²) in [5.41, 5.74) is 0.633. The van der Waals surface area contributed by atoms with E-state index in [1.165, 1.54) is 6.26 Å². The number of hydrogen-bond donors (Lipinski definition) is 1. The van der Waals surface area contributed by atoms with Gasteiger partial charge in [0.15, 0.2) is 0 Å². The van der Waals surface area contributed by atoms with Crippen LogP contribution in [0.15, 0.2) is 21.4 Å². The maximum atomic E-state index is 11.6. The SMILES string of the molecule is Cc1nc(C(=O)N[C@H](C)c2ccon2)no1. The molecule has 2 aromatic heterocycles. The maximum Gasteiger partial charge on any atom is 0.293 e. The first kappa shape index (κ1) is 10.3. The zero-order chi connectivity index (χ0) is 11.5. The van der Waals surface area contributed by atoms with Crippen LogP contribution in [0.1, 0.15) is 35.2 Å². The molecule has 2 aromatic rings. The molecule has 0 fully saturated rings. The summed E-state index contributed by atoms with van der Waals surface area (Å²) < 4.78 is 9.38. The Morgan fingerprint density at radius 1 is 1.50 bits per heavy atom. The number of rotatable bonds is 3. The molecule has 0 unspecified atom stereocenters. The van der Waals surface area contributed by atoms with Gasteiger partial charge in [0.05, 0.1) is 6.04 Å². The Balaban J connectivity index is 2.03. The molecule has 0 saturated heterocycles. The number of aromatic nitrogens is 3. The van der Waals surface area contributed by atoms with Crippen LogP contribution in [0, 0.1) is 6.92 Å². The molecule has 0 radical (unpaired) electrons. The lowest BCUT2D eigenvalue weighted by atomic mass is 10.2. The first-order valence-corrected chi connectivity index (χ1v) is 4.68. The topological polar surface area (TPSA) is 94.1 Å². The predicted octanol–water partition coefficient (Wildman–Crippen LogP) is 0.857. The van der Waals surface area contributed by atoms with Crippen molar-refractivity contribution < 1.29 is 13.8 Å². The smallest absolute Gasteiger partial charge is 0.293 e. The summed E-state index contributed by atoms with van der Waals surface area (Å²) in [7, 11) is 0. The average molecular weight is 222 g/mol. The molecule has 2 heterocycles. The Bertz CT molecular complexity index is 477. The first-order chi connectivity index (χ1) is 7.66. The number of carbonyl (C=O) groups is 1. The van der Waals surface area contributed by atoms with E-state index in [1.807, 2.05) is 0 Å². The fourth-order valence-electron chi connectivity index (χ4n) is 1.17. The highest BCUT2D eigenvalue weighted by atomic mass is 16.5. The molecule has 0 bridgehead atoms. The molecule has 1 atom stereocenters. The first-order valence-electron chi connectivity index (χ1n) is 4.68. The van der Waals surface area contributed by atoms with Gasteiger partial charge in [0.1, 0.15) is 12.0 Å². The average Bonchev–Trinajstić information content (AvgIpc) is 2.87. The lowest BCUT2D eigenvalue weighted by molar-refractivity contribution is 0.0925. The molecule has 7 nitrogen and oxygen atoms in total. The fourth-order valence-corrected chi connectivity index (χ4v) is 1.17. The number of nitrogens with zero attached hydrogens (tertiary/aromatic N) is 3. The van der Waals surface area contributed by atoms with Crippen LogP contribution in [-0.4, -0.2) is 21.2 Å². The van der Waals surface area contributed by atoms with Gasteiger partial charge in [-0.25, -0.2) is 0 Å². The Morgan fingerprint density at radius 2 is 2.31 bits per heavy atom. The van der Waals surface area contributed by atoms with Crippen LogP contribution in [0.2, 0.25) is 0 Å². The minimum atomic E-state index is -0.410. The molecule has 16 heavy (non-hydrogen) atoms. The second-order valence-corrected chi connectivity index (χ2v) is 3.26. The summed E-state index contributed by atoms with van der Waals surface area (Å²) >= 11 is 0. The van der Waals surface area contributed by atoms with Gasteiger partial charge in [-0.3, -0.25) is 4.79 Å². The second kappa shape index (κ2) is 4.13. The molecule has 1 N–H and O–H groups in total. The van der Waals surface area contributed by atoms with Gasteiger partial charge in [-0.2, -0.15) is 4.98 Å². The zero-order valence-electron chi connectivity index (χ0n) is 8.80. The van der Waals surface area contributed by atoms with Gasteiger partial charge >= 0.3 is 0 Å². The van der Waals surface area contributed by atoms with Crippen LogP contribution in [-0.2, 0) is 0 Å². The molecule has 0 aliphatic carbocycles. The minimum absolute atomic E-state index is 0.00726. The van der Waals surface area contributed by atoms with Gasteiger partial charge in [0.25, 0.3) is 11.7 Å². The lowest BCUT2D eigenvalue weighted by Crippen LogP contribution is -2.27. The van der Waals surface area contributed by atoms with E-state index >= 15 is 0 Å². The van der Waals surface area contributed by atoms with Crippen LogP contribution in [0.25, 0.3) is 0 Å². The number of aryl methyl sites for hydroxylation is 1. The van der Waals surface area contributed by atoms with Crippen molar-refractivity contribution in [3.05, 3.63) is 29.7 Å². The van der Waals surface area contributed by atoms with Crippen molar-refractivity contribution in [2.24, 2.45) is 0 Å². The van der Waals surface area contributed by atoms with Gasteiger partial charge in [0.2, 0.25) is 5.89 Å². The van der Waals surface area contributed by atoms with E-state index in [4.69, 9.17) is 4.52 Å². The minimum Gasteiger partial charge on any atom is -0.364 e. The van der Waals surface area contributed by atoms with E-state index in [-0.39, 0.29) is 11.9 Å². The van der Waals surface area contributed by atoms with Crippen molar-refractivity contribution in [2.75, 3.05) is 0 Å². The van der Waals surface area contributed by atoms with Crippen LogP contribution in [0.5, 0.6) is 0 Å². The third kappa shape index (κ3) is 2.08. The normalized spacial score (nSPS) is 12.4. The van der Waals surface area contributed by atoms with Crippen molar-refractivity contribution >= 4 is 5.91 Å². The molecule has 84 valence electrons. The monoisotopic (exact) mass is 222 g/mol. The Hall–Kier alpha value is -2.18. The molecule has 2 rings (SSSR count). The molecule has 0 saturated carbocycles. The third-order valence-corrected chi connectivity index (χ3v) is 1.98. The van der Waals surface area contributed by atoms with Crippen LogP contribution in [0.4, 0.5) is 0 Å². The number of hydrogen-bond acceptors (Lipinski definition) is 6. The Labute approximate surface area is 90.8 Å². The standard InChI is InChI=1S/C9H10N4O3/c1-5(7-3-4-15-12-7)10-9(14)8-11-6(2)16-13-8/h3-5H,1-2H3,(H,10,14)/t5-/m1/s1. The van der Waals surface area contributed by atoms with E-state index in [9.17, 15) is 4.79 Å². The number of nitrogens with one attached hydrogen (secondary N) is 1. The molecule has 0 aliphatic rings. The summed E-state index contributed by atoms with van der Waals surface area (Å²) in [6.07, 6.45) is 1.44. The highest BCUT2D eigenvalue weighted by molar-refractivity contribution is 5.90. The molecule has 7 heteroatoms. The zero-order valence-corrected chi connectivity index (χ0v) is 8.80. The van der Waals surface area contributed by atoms with Crippen LogP contribution in [0.3, 0.4) is 0 Å². The number of amides is 1. The van der Waals surface area contributed by atoms with Crippen molar-refractivity contribution in [2.45, 2.75) is 19.9 Å². The Kier molecular flexibility index (Phi) is 2.67. The predicted molar refractivity (Wildman–Crippen MR) is 51.4 cm³/mol. The molecule has 0 aromatic carbocycles. The maximum absolute atomic E-state index is 11.6. The van der Waals surface area contributed by atoms with Crippen LogP contribution < -0.4 is 5.32 Å². The summed E-state index contributed by atoms with van der Waals surface area (Å²) in [6, 6.07) is 1.40. The van der Waals surface area contributed by atoms with E-state index in [0.717, 1.165) is 0 Å². The molecule has 1 amide bonds.